The smallest absolute Gasteiger partial charge is 0.198 e. The summed E-state index contributed by atoms with van der Waals surface area (Å²) in [6, 6.07) is 0. The molecular weight excluding hydrogens is 146 g/mol. The van der Waals surface area contributed by atoms with E-state index in [1.54, 1.807) is 6.20 Å². The molecule has 0 radical (unpaired) electrons. The molecule has 0 spiro atoms. The van der Waals surface area contributed by atoms with Gasteiger partial charge < -0.3 is 0 Å². The van der Waals surface area contributed by atoms with E-state index < -0.39 is 0 Å². The fourth-order valence-corrected chi connectivity index (χ4v) is 1.04. The van der Waals surface area contributed by atoms with Crippen LogP contribution in [-0.2, 0) is 0 Å². The summed E-state index contributed by atoms with van der Waals surface area (Å²) in [5.41, 5.74) is 2.37. The number of nitrogens with zero attached hydrogens (tertiary/aromatic N) is 1. The number of nitrogen functional groups attached to an aromatic ring is 1. The van der Waals surface area contributed by atoms with Crippen LogP contribution in [0, 0.1) is 0 Å². The first-order valence-electron chi connectivity index (χ1n) is 1.91. The first-order chi connectivity index (χ1) is 3.83. The molecule has 0 amide bonds. The van der Waals surface area contributed by atoms with Crippen LogP contribution in [0.15, 0.2) is 6.20 Å². The SMILES string of the molecule is NNc1ncc(Cl)s1. The summed E-state index contributed by atoms with van der Waals surface area (Å²) in [5.74, 6) is 5.00. The van der Waals surface area contributed by atoms with E-state index in [-0.39, 0.29) is 0 Å². The summed E-state index contributed by atoms with van der Waals surface area (Å²) in [6.07, 6.45) is 1.54. The zero-order chi connectivity index (χ0) is 5.98. The van der Waals surface area contributed by atoms with Crippen LogP contribution in [0.25, 0.3) is 0 Å². The Morgan fingerprint density at radius 1 is 1.88 bits per heavy atom. The molecule has 0 saturated heterocycles. The lowest BCUT2D eigenvalue weighted by Crippen LogP contribution is -2.05. The minimum Gasteiger partial charge on any atom is -0.300 e. The standard InChI is InChI=1S/C3H4ClN3S/c4-2-1-6-3(7-5)8-2/h1H,5H2,(H,6,7). The number of nitrogens with one attached hydrogen (secondary N) is 1. The number of hydrazine groups is 1. The van der Waals surface area contributed by atoms with Crippen LogP contribution >= 0.6 is 22.9 Å². The molecule has 0 atom stereocenters. The molecule has 0 fully saturated rings. The second kappa shape index (κ2) is 2.30. The number of aromatic nitrogens is 1. The molecule has 1 aromatic heterocycles. The van der Waals surface area contributed by atoms with Crippen molar-refractivity contribution in [2.24, 2.45) is 5.84 Å². The molecule has 3 N–H and O–H groups in total. The molecule has 0 bridgehead atoms. The van der Waals surface area contributed by atoms with Crippen LogP contribution in [0.5, 0.6) is 0 Å². The third-order valence-electron chi connectivity index (χ3n) is 0.601. The van der Waals surface area contributed by atoms with Gasteiger partial charge >= 0.3 is 0 Å². The summed E-state index contributed by atoms with van der Waals surface area (Å²) >= 11 is 6.81. The number of nitrogens with two attached hydrogens (primary N) is 1. The number of anilines is 1. The van der Waals surface area contributed by atoms with Crippen LogP contribution in [0.2, 0.25) is 4.34 Å². The first-order valence-corrected chi connectivity index (χ1v) is 3.10. The number of thiazole rings is 1. The Kier molecular flexibility index (Phi) is 1.67. The summed E-state index contributed by atoms with van der Waals surface area (Å²) in [5, 5.41) is 0.634. The minimum atomic E-state index is 0.634. The monoisotopic (exact) mass is 149 g/mol. The molecule has 1 rings (SSSR count). The predicted molar refractivity (Wildman–Crippen MR) is 34.9 cm³/mol. The Morgan fingerprint density at radius 3 is 2.88 bits per heavy atom. The highest BCUT2D eigenvalue weighted by molar-refractivity contribution is 7.19. The van der Waals surface area contributed by atoms with Crippen LogP contribution in [-0.4, -0.2) is 4.98 Å². The van der Waals surface area contributed by atoms with Gasteiger partial charge in [0.05, 0.1) is 6.20 Å². The number of halogens is 1. The van der Waals surface area contributed by atoms with E-state index in [9.17, 15) is 0 Å². The molecule has 0 saturated carbocycles. The fourth-order valence-electron chi connectivity index (χ4n) is 0.321. The molecule has 0 aliphatic rings. The minimum absolute atomic E-state index is 0.634. The van der Waals surface area contributed by atoms with Gasteiger partial charge in [0.1, 0.15) is 4.34 Å². The highest BCUT2D eigenvalue weighted by atomic mass is 35.5. The van der Waals surface area contributed by atoms with E-state index in [2.05, 4.69) is 10.4 Å². The van der Waals surface area contributed by atoms with Crippen LogP contribution in [0.3, 0.4) is 0 Å². The Morgan fingerprint density at radius 2 is 2.62 bits per heavy atom. The number of hydrogen-bond acceptors (Lipinski definition) is 4. The van der Waals surface area contributed by atoms with Crippen LogP contribution < -0.4 is 11.3 Å². The van der Waals surface area contributed by atoms with Crippen molar-refractivity contribution in [2.75, 3.05) is 5.43 Å². The number of rotatable bonds is 1. The van der Waals surface area contributed by atoms with Crippen molar-refractivity contribution in [3.05, 3.63) is 10.5 Å². The summed E-state index contributed by atoms with van der Waals surface area (Å²) in [7, 11) is 0. The lowest BCUT2D eigenvalue weighted by atomic mass is 11.0. The number of hydrogen-bond donors (Lipinski definition) is 2. The van der Waals surface area contributed by atoms with Gasteiger partial charge in [-0.2, -0.15) is 0 Å². The van der Waals surface area contributed by atoms with E-state index in [1.165, 1.54) is 11.3 Å². The third kappa shape index (κ3) is 1.09. The molecule has 5 heteroatoms. The van der Waals surface area contributed by atoms with Gasteiger partial charge in [0.25, 0.3) is 0 Å². The molecule has 1 heterocycles. The molecule has 0 aromatic carbocycles. The summed E-state index contributed by atoms with van der Waals surface area (Å²) in [4.78, 5) is 3.78. The molecular formula is C3H4ClN3S. The van der Waals surface area contributed by atoms with Gasteiger partial charge in [0, 0.05) is 0 Å². The molecule has 0 aliphatic heterocycles. The summed E-state index contributed by atoms with van der Waals surface area (Å²) < 4.78 is 0.637. The van der Waals surface area contributed by atoms with Crippen LogP contribution in [0.4, 0.5) is 5.13 Å². The van der Waals surface area contributed by atoms with Crippen molar-refractivity contribution in [1.29, 1.82) is 0 Å². The molecule has 0 unspecified atom stereocenters. The van der Waals surface area contributed by atoms with E-state index >= 15 is 0 Å². The first kappa shape index (κ1) is 5.81. The fraction of sp³-hybridized carbons (Fsp3) is 0. The van der Waals surface area contributed by atoms with Gasteiger partial charge in [-0.25, -0.2) is 10.8 Å². The van der Waals surface area contributed by atoms with Crippen molar-refractivity contribution < 1.29 is 0 Å². The van der Waals surface area contributed by atoms with E-state index in [4.69, 9.17) is 17.4 Å². The van der Waals surface area contributed by atoms with Gasteiger partial charge in [0.2, 0.25) is 0 Å². The van der Waals surface area contributed by atoms with E-state index in [0.29, 0.717) is 9.47 Å². The van der Waals surface area contributed by atoms with Crippen LogP contribution in [0.1, 0.15) is 0 Å². The molecule has 3 nitrogen and oxygen atoms in total. The maximum Gasteiger partial charge on any atom is 0.198 e. The van der Waals surface area contributed by atoms with Gasteiger partial charge in [-0.1, -0.05) is 22.9 Å². The molecule has 1 aromatic rings. The van der Waals surface area contributed by atoms with Crippen molar-refractivity contribution in [3.63, 3.8) is 0 Å². The average molecular weight is 150 g/mol. The van der Waals surface area contributed by atoms with E-state index in [0.717, 1.165) is 0 Å². The van der Waals surface area contributed by atoms with Gasteiger partial charge in [-0.05, 0) is 0 Å². The highest BCUT2D eigenvalue weighted by Gasteiger charge is 1.93. The summed E-state index contributed by atoms with van der Waals surface area (Å²) in [6.45, 7) is 0. The lowest BCUT2D eigenvalue weighted by Gasteiger charge is -1.84. The van der Waals surface area contributed by atoms with Crippen molar-refractivity contribution in [2.45, 2.75) is 0 Å². The van der Waals surface area contributed by atoms with Crippen molar-refractivity contribution >= 4 is 28.1 Å². The molecule has 44 valence electrons. The maximum atomic E-state index is 5.50. The Labute approximate surface area is 55.5 Å². The second-order valence-electron chi connectivity index (χ2n) is 1.11. The quantitative estimate of drug-likeness (QED) is 0.464. The van der Waals surface area contributed by atoms with Gasteiger partial charge in [-0.3, -0.25) is 5.43 Å². The third-order valence-corrected chi connectivity index (χ3v) is 1.65. The molecule has 8 heavy (non-hydrogen) atoms. The lowest BCUT2D eigenvalue weighted by molar-refractivity contribution is 1.29. The Bertz CT molecular complexity index is 175. The predicted octanol–water partition coefficient (Wildman–Crippen LogP) is 1.08. The van der Waals surface area contributed by atoms with Crippen molar-refractivity contribution in [3.8, 4) is 0 Å². The zero-order valence-corrected chi connectivity index (χ0v) is 5.46. The second-order valence-corrected chi connectivity index (χ2v) is 2.78. The normalized spacial score (nSPS) is 9.25. The van der Waals surface area contributed by atoms with Gasteiger partial charge in [-0.15, -0.1) is 0 Å². The Balaban J connectivity index is 2.84. The molecule has 0 aliphatic carbocycles. The largest absolute Gasteiger partial charge is 0.300 e. The zero-order valence-electron chi connectivity index (χ0n) is 3.89. The average Bonchev–Trinajstić information content (AvgIpc) is 2.14. The Hall–Kier alpha value is -0.320. The van der Waals surface area contributed by atoms with Crippen molar-refractivity contribution in [1.82, 2.24) is 4.98 Å². The highest BCUT2D eigenvalue weighted by Crippen LogP contribution is 2.20. The van der Waals surface area contributed by atoms with Gasteiger partial charge in [0.15, 0.2) is 5.13 Å². The topological polar surface area (TPSA) is 50.9 Å². The maximum absolute atomic E-state index is 5.50. The van der Waals surface area contributed by atoms with E-state index in [1.807, 2.05) is 0 Å².